The first kappa shape index (κ1) is 53.4. The SMILES string of the molecule is CCCCCCCC(=O)OC[C@@H](COC(=O)CCCCCCCCCCCCCCCCC(C)CC)OC(=O)CCCCCCCCCCCCC(C)CC. The zero-order valence-corrected chi connectivity index (χ0v) is 37.6. The number of carbonyl (C=O) groups excluding carboxylic acids is 3. The van der Waals surface area contributed by atoms with Crippen LogP contribution in [0.3, 0.4) is 0 Å². The molecule has 6 nitrogen and oxygen atoms in total. The fourth-order valence-electron chi connectivity index (χ4n) is 7.22. The second-order valence-electron chi connectivity index (χ2n) is 17.2. The topological polar surface area (TPSA) is 78.9 Å². The number of ether oxygens (including phenoxy) is 3. The van der Waals surface area contributed by atoms with E-state index in [0.717, 1.165) is 76.0 Å². The summed E-state index contributed by atoms with van der Waals surface area (Å²) in [7, 11) is 0. The molecule has 0 aromatic carbocycles. The van der Waals surface area contributed by atoms with E-state index in [9.17, 15) is 14.4 Å². The standard InChI is InChI=1S/C49H94O6/c1-6-9-10-27-34-39-47(50)53-42-46(55-49(52)41-36-31-26-22-18-17-20-24-29-33-38-45(5)8-3)43-54-48(51)40-35-30-25-21-16-14-12-11-13-15-19-23-28-32-37-44(4)7-2/h44-46H,6-43H2,1-5H3/t44?,45?,46-/m0/s1. The number of rotatable bonds is 43. The van der Waals surface area contributed by atoms with Crippen molar-refractivity contribution in [2.45, 2.75) is 272 Å². The molecule has 0 rings (SSSR count). The summed E-state index contributed by atoms with van der Waals surface area (Å²) in [6.07, 6.45) is 41.1. The quantitative estimate of drug-likeness (QED) is 0.0348. The Morgan fingerprint density at radius 1 is 0.364 bits per heavy atom. The molecule has 0 fully saturated rings. The highest BCUT2D eigenvalue weighted by molar-refractivity contribution is 5.71. The largest absolute Gasteiger partial charge is 0.462 e. The van der Waals surface area contributed by atoms with Crippen molar-refractivity contribution in [3.05, 3.63) is 0 Å². The van der Waals surface area contributed by atoms with Crippen molar-refractivity contribution in [2.24, 2.45) is 11.8 Å². The highest BCUT2D eigenvalue weighted by atomic mass is 16.6. The van der Waals surface area contributed by atoms with E-state index in [1.165, 1.54) is 148 Å². The lowest BCUT2D eigenvalue weighted by Crippen LogP contribution is -2.30. The Bertz CT molecular complexity index is 843. The van der Waals surface area contributed by atoms with Gasteiger partial charge < -0.3 is 14.2 Å². The highest BCUT2D eigenvalue weighted by Gasteiger charge is 2.19. The van der Waals surface area contributed by atoms with Gasteiger partial charge in [-0.2, -0.15) is 0 Å². The van der Waals surface area contributed by atoms with Gasteiger partial charge in [-0.1, -0.05) is 227 Å². The van der Waals surface area contributed by atoms with E-state index in [-0.39, 0.29) is 31.1 Å². The molecule has 0 bridgehead atoms. The molecule has 3 atom stereocenters. The summed E-state index contributed by atoms with van der Waals surface area (Å²) in [5, 5.41) is 0. The fourth-order valence-corrected chi connectivity index (χ4v) is 7.22. The molecule has 0 saturated carbocycles. The molecular formula is C49H94O6. The minimum Gasteiger partial charge on any atom is -0.462 e. The number of hydrogen-bond donors (Lipinski definition) is 0. The Labute approximate surface area is 342 Å². The van der Waals surface area contributed by atoms with Gasteiger partial charge in [0.25, 0.3) is 0 Å². The maximum atomic E-state index is 12.7. The van der Waals surface area contributed by atoms with E-state index in [1.807, 2.05) is 0 Å². The van der Waals surface area contributed by atoms with Gasteiger partial charge in [0.05, 0.1) is 0 Å². The molecule has 55 heavy (non-hydrogen) atoms. The van der Waals surface area contributed by atoms with Crippen LogP contribution in [0.15, 0.2) is 0 Å². The molecule has 0 aliphatic carbocycles. The number of carbonyl (C=O) groups is 3. The summed E-state index contributed by atoms with van der Waals surface area (Å²) in [5.74, 6) is 0.896. The third-order valence-corrected chi connectivity index (χ3v) is 11.7. The lowest BCUT2D eigenvalue weighted by atomic mass is 9.99. The van der Waals surface area contributed by atoms with Gasteiger partial charge in [-0.15, -0.1) is 0 Å². The molecule has 0 spiro atoms. The zero-order valence-electron chi connectivity index (χ0n) is 37.6. The number of hydrogen-bond acceptors (Lipinski definition) is 6. The molecular weight excluding hydrogens is 685 g/mol. The van der Waals surface area contributed by atoms with Crippen LogP contribution in [0.2, 0.25) is 0 Å². The van der Waals surface area contributed by atoms with Crippen molar-refractivity contribution in [1.29, 1.82) is 0 Å². The first-order valence-electron chi connectivity index (χ1n) is 24.3. The van der Waals surface area contributed by atoms with Crippen LogP contribution in [-0.2, 0) is 28.6 Å². The summed E-state index contributed by atoms with van der Waals surface area (Å²) in [5.41, 5.74) is 0. The van der Waals surface area contributed by atoms with Crippen LogP contribution >= 0.6 is 0 Å². The smallest absolute Gasteiger partial charge is 0.306 e. The van der Waals surface area contributed by atoms with Crippen molar-refractivity contribution in [3.63, 3.8) is 0 Å². The van der Waals surface area contributed by atoms with E-state index in [0.29, 0.717) is 19.3 Å². The highest BCUT2D eigenvalue weighted by Crippen LogP contribution is 2.18. The van der Waals surface area contributed by atoms with Gasteiger partial charge in [-0.25, -0.2) is 0 Å². The molecule has 0 N–H and O–H groups in total. The maximum Gasteiger partial charge on any atom is 0.306 e. The number of unbranched alkanes of at least 4 members (excludes halogenated alkanes) is 26. The van der Waals surface area contributed by atoms with Crippen LogP contribution < -0.4 is 0 Å². The molecule has 0 aromatic rings. The van der Waals surface area contributed by atoms with Gasteiger partial charge in [-0.3, -0.25) is 14.4 Å². The minimum absolute atomic E-state index is 0.0653. The lowest BCUT2D eigenvalue weighted by Gasteiger charge is -2.18. The van der Waals surface area contributed by atoms with Gasteiger partial charge in [-0.05, 0) is 31.1 Å². The average molecular weight is 779 g/mol. The molecule has 0 amide bonds. The van der Waals surface area contributed by atoms with Crippen molar-refractivity contribution in [2.75, 3.05) is 13.2 Å². The first-order valence-corrected chi connectivity index (χ1v) is 24.3. The average Bonchev–Trinajstić information content (AvgIpc) is 3.18. The number of esters is 3. The van der Waals surface area contributed by atoms with Crippen molar-refractivity contribution < 1.29 is 28.6 Å². The lowest BCUT2D eigenvalue weighted by molar-refractivity contribution is -0.167. The molecule has 2 unspecified atom stereocenters. The summed E-state index contributed by atoms with van der Waals surface area (Å²) in [6, 6.07) is 0. The Kier molecular flexibility index (Phi) is 40.8. The van der Waals surface area contributed by atoms with Crippen LogP contribution in [-0.4, -0.2) is 37.2 Å². The molecule has 0 aromatic heterocycles. The second-order valence-corrected chi connectivity index (χ2v) is 17.2. The third kappa shape index (κ3) is 40.4. The monoisotopic (exact) mass is 779 g/mol. The summed E-state index contributed by atoms with van der Waals surface area (Å²) < 4.78 is 16.6. The normalized spacial score (nSPS) is 13.0. The molecule has 0 aliphatic rings. The van der Waals surface area contributed by atoms with Gasteiger partial charge in [0.15, 0.2) is 6.10 Å². The van der Waals surface area contributed by atoms with Crippen molar-refractivity contribution >= 4 is 17.9 Å². The Morgan fingerprint density at radius 3 is 0.945 bits per heavy atom. The van der Waals surface area contributed by atoms with Crippen LogP contribution in [0.1, 0.15) is 266 Å². The van der Waals surface area contributed by atoms with Crippen LogP contribution in [0.25, 0.3) is 0 Å². The molecule has 0 heterocycles. The summed E-state index contributed by atoms with van der Waals surface area (Å²) in [4.78, 5) is 37.6. The van der Waals surface area contributed by atoms with E-state index in [4.69, 9.17) is 14.2 Å². The van der Waals surface area contributed by atoms with E-state index in [1.54, 1.807) is 0 Å². The predicted octanol–water partition coefficient (Wildman–Crippen LogP) is 15.4. The molecule has 6 heteroatoms. The molecule has 0 radical (unpaired) electrons. The van der Waals surface area contributed by atoms with Crippen LogP contribution in [0.5, 0.6) is 0 Å². The third-order valence-electron chi connectivity index (χ3n) is 11.7. The summed E-state index contributed by atoms with van der Waals surface area (Å²) in [6.45, 7) is 11.3. The van der Waals surface area contributed by atoms with Gasteiger partial charge in [0.1, 0.15) is 13.2 Å². The maximum absolute atomic E-state index is 12.7. The van der Waals surface area contributed by atoms with Crippen molar-refractivity contribution in [1.82, 2.24) is 0 Å². The van der Waals surface area contributed by atoms with Gasteiger partial charge in [0.2, 0.25) is 0 Å². The van der Waals surface area contributed by atoms with Crippen LogP contribution in [0, 0.1) is 11.8 Å². The molecule has 326 valence electrons. The van der Waals surface area contributed by atoms with Gasteiger partial charge in [0, 0.05) is 19.3 Å². The zero-order chi connectivity index (χ0) is 40.5. The molecule has 0 aliphatic heterocycles. The van der Waals surface area contributed by atoms with Crippen LogP contribution in [0.4, 0.5) is 0 Å². The Hall–Kier alpha value is -1.59. The van der Waals surface area contributed by atoms with E-state index in [2.05, 4.69) is 34.6 Å². The Balaban J connectivity index is 4.14. The fraction of sp³-hybridized carbons (Fsp3) is 0.939. The van der Waals surface area contributed by atoms with E-state index < -0.39 is 6.10 Å². The molecule has 0 saturated heterocycles. The Morgan fingerprint density at radius 2 is 0.636 bits per heavy atom. The van der Waals surface area contributed by atoms with E-state index >= 15 is 0 Å². The van der Waals surface area contributed by atoms with Gasteiger partial charge >= 0.3 is 17.9 Å². The second kappa shape index (κ2) is 42.0. The first-order chi connectivity index (χ1) is 26.8. The predicted molar refractivity (Wildman–Crippen MR) is 233 cm³/mol. The summed E-state index contributed by atoms with van der Waals surface area (Å²) >= 11 is 0. The minimum atomic E-state index is -0.759. The van der Waals surface area contributed by atoms with Crippen molar-refractivity contribution in [3.8, 4) is 0 Å².